The van der Waals surface area contributed by atoms with Gasteiger partial charge in [-0.3, -0.25) is 4.79 Å². The van der Waals surface area contributed by atoms with Gasteiger partial charge >= 0.3 is 0 Å². The fourth-order valence-corrected chi connectivity index (χ4v) is 1.51. The summed E-state index contributed by atoms with van der Waals surface area (Å²) < 4.78 is 0. The van der Waals surface area contributed by atoms with Crippen molar-refractivity contribution in [3.05, 3.63) is 34.7 Å². The van der Waals surface area contributed by atoms with Gasteiger partial charge in [0.1, 0.15) is 5.88 Å². The Morgan fingerprint density at radius 2 is 1.94 bits per heavy atom. The number of benzene rings is 1. The Balaban J connectivity index is 2.26. The second-order valence-corrected chi connectivity index (χ2v) is 3.98. The van der Waals surface area contributed by atoms with Crippen molar-refractivity contribution in [2.45, 2.75) is 6.42 Å². The average Bonchev–Trinajstić information content (AvgIpc) is 2.42. The van der Waals surface area contributed by atoms with Gasteiger partial charge in [-0.05, 0) is 24.1 Å². The molecule has 0 aliphatic rings. The summed E-state index contributed by atoms with van der Waals surface area (Å²) in [6.07, 6.45) is 0.662. The molecule has 1 amide bonds. The first kappa shape index (κ1) is 14.4. The van der Waals surface area contributed by atoms with Crippen molar-refractivity contribution in [1.82, 2.24) is 5.32 Å². The average molecular weight is 270 g/mol. The van der Waals surface area contributed by atoms with Gasteiger partial charge < -0.3 is 10.6 Å². The van der Waals surface area contributed by atoms with E-state index in [2.05, 4.69) is 15.8 Å². The zero-order chi connectivity index (χ0) is 13.2. The summed E-state index contributed by atoms with van der Waals surface area (Å²) in [6, 6.07) is 7.77. The fourth-order valence-electron chi connectivity index (χ4n) is 1.42. The van der Waals surface area contributed by atoms with E-state index in [1.807, 2.05) is 24.3 Å². The number of nitrogens with zero attached hydrogens (tertiary/aromatic N) is 1. The molecule has 0 heterocycles. The number of amides is 1. The minimum Gasteiger partial charge on any atom is -0.383 e. The van der Waals surface area contributed by atoms with Crippen LogP contribution in [0.15, 0.2) is 29.4 Å². The van der Waals surface area contributed by atoms with E-state index in [0.717, 1.165) is 11.3 Å². The molecule has 5 nitrogen and oxygen atoms in total. The van der Waals surface area contributed by atoms with Crippen molar-refractivity contribution in [3.8, 4) is 0 Å². The Morgan fingerprint density at radius 3 is 2.56 bits per heavy atom. The Morgan fingerprint density at radius 1 is 1.22 bits per heavy atom. The van der Waals surface area contributed by atoms with Crippen LogP contribution in [0.25, 0.3) is 0 Å². The molecule has 0 radical (unpaired) electrons. The van der Waals surface area contributed by atoms with Gasteiger partial charge in [-0.2, -0.15) is 4.91 Å². The predicted molar refractivity (Wildman–Crippen MR) is 73.0 cm³/mol. The summed E-state index contributed by atoms with van der Waals surface area (Å²) in [4.78, 5) is 20.9. The Labute approximate surface area is 111 Å². The van der Waals surface area contributed by atoms with Crippen molar-refractivity contribution >= 4 is 23.2 Å². The maximum atomic E-state index is 10.9. The van der Waals surface area contributed by atoms with Crippen LogP contribution in [0.4, 0.5) is 5.69 Å². The Bertz CT molecular complexity index is 381. The van der Waals surface area contributed by atoms with Crippen molar-refractivity contribution in [2.24, 2.45) is 5.18 Å². The lowest BCUT2D eigenvalue weighted by Gasteiger charge is -2.07. The number of rotatable bonds is 8. The Kier molecular flexibility index (Phi) is 6.79. The summed E-state index contributed by atoms with van der Waals surface area (Å²) in [7, 11) is 0. The topological polar surface area (TPSA) is 70.6 Å². The molecule has 18 heavy (non-hydrogen) atoms. The lowest BCUT2D eigenvalue weighted by molar-refractivity contribution is -0.118. The predicted octanol–water partition coefficient (Wildman–Crippen LogP) is 1.76. The fraction of sp³-hybridized carbons (Fsp3) is 0.417. The zero-order valence-electron chi connectivity index (χ0n) is 9.99. The van der Waals surface area contributed by atoms with E-state index < -0.39 is 0 Å². The SMILES string of the molecule is O=NCCc1ccc(NCCNC(=O)CCl)cc1. The van der Waals surface area contributed by atoms with Crippen LogP contribution in [-0.4, -0.2) is 31.4 Å². The Hall–Kier alpha value is -1.62. The normalized spacial score (nSPS) is 9.83. The molecule has 0 aromatic heterocycles. The molecule has 1 rings (SSSR count). The third kappa shape index (κ3) is 5.63. The highest BCUT2D eigenvalue weighted by Crippen LogP contribution is 2.09. The smallest absolute Gasteiger partial charge is 0.234 e. The van der Waals surface area contributed by atoms with Crippen molar-refractivity contribution in [3.63, 3.8) is 0 Å². The minimum absolute atomic E-state index is 0.0144. The summed E-state index contributed by atoms with van der Waals surface area (Å²) >= 11 is 5.34. The van der Waals surface area contributed by atoms with E-state index in [1.165, 1.54) is 0 Å². The second-order valence-electron chi connectivity index (χ2n) is 3.71. The van der Waals surface area contributed by atoms with Crippen LogP contribution in [0.3, 0.4) is 0 Å². The number of carbonyl (C=O) groups excluding carboxylic acids is 1. The van der Waals surface area contributed by atoms with Crippen molar-refractivity contribution in [1.29, 1.82) is 0 Å². The second kappa shape index (κ2) is 8.47. The maximum Gasteiger partial charge on any atom is 0.234 e. The van der Waals surface area contributed by atoms with Gasteiger partial charge in [-0.25, -0.2) is 0 Å². The third-order valence-corrected chi connectivity index (χ3v) is 2.59. The summed E-state index contributed by atoms with van der Waals surface area (Å²) in [5.74, 6) is -0.186. The number of hydrogen-bond donors (Lipinski definition) is 2. The molecule has 1 aromatic rings. The van der Waals surface area contributed by atoms with Gasteiger partial charge in [0.15, 0.2) is 0 Å². The number of anilines is 1. The van der Waals surface area contributed by atoms with E-state index in [9.17, 15) is 9.70 Å². The lowest BCUT2D eigenvalue weighted by atomic mass is 10.1. The van der Waals surface area contributed by atoms with Crippen LogP contribution in [0, 0.1) is 4.91 Å². The number of alkyl halides is 1. The van der Waals surface area contributed by atoms with E-state index in [1.54, 1.807) is 0 Å². The zero-order valence-corrected chi connectivity index (χ0v) is 10.7. The first-order valence-corrected chi connectivity index (χ1v) is 6.24. The van der Waals surface area contributed by atoms with E-state index >= 15 is 0 Å². The molecule has 0 atom stereocenters. The monoisotopic (exact) mass is 269 g/mol. The van der Waals surface area contributed by atoms with Crippen molar-refractivity contribution < 1.29 is 4.79 Å². The molecule has 0 bridgehead atoms. The standard InChI is InChI=1S/C12H16ClN3O2/c13-9-12(17)15-8-7-14-11-3-1-10(2-4-11)5-6-16-18/h1-4,14H,5-9H2,(H,15,17). The largest absolute Gasteiger partial charge is 0.383 e. The molecule has 0 saturated carbocycles. The van der Waals surface area contributed by atoms with Gasteiger partial charge in [0.25, 0.3) is 0 Å². The molecule has 0 aliphatic heterocycles. The maximum absolute atomic E-state index is 10.9. The van der Waals surface area contributed by atoms with Gasteiger partial charge in [0, 0.05) is 18.8 Å². The number of carbonyl (C=O) groups is 1. The van der Waals surface area contributed by atoms with Crippen LogP contribution in [0.1, 0.15) is 5.56 Å². The molecule has 0 aliphatic carbocycles. The highest BCUT2D eigenvalue weighted by molar-refractivity contribution is 6.27. The third-order valence-electron chi connectivity index (χ3n) is 2.34. The van der Waals surface area contributed by atoms with Gasteiger partial charge in [0.2, 0.25) is 5.91 Å². The summed E-state index contributed by atoms with van der Waals surface area (Å²) in [5, 5.41) is 8.65. The van der Waals surface area contributed by atoms with Crippen LogP contribution in [0.2, 0.25) is 0 Å². The first-order valence-electron chi connectivity index (χ1n) is 5.71. The summed E-state index contributed by atoms with van der Waals surface area (Å²) in [5.41, 5.74) is 2.05. The molecule has 0 saturated heterocycles. The highest BCUT2D eigenvalue weighted by atomic mass is 35.5. The number of nitroso groups, excluding NO2 is 1. The lowest BCUT2D eigenvalue weighted by Crippen LogP contribution is -2.29. The molecule has 1 aromatic carbocycles. The molecular weight excluding hydrogens is 254 g/mol. The van der Waals surface area contributed by atoms with Crippen molar-refractivity contribution in [2.75, 3.05) is 30.8 Å². The molecule has 0 unspecified atom stereocenters. The summed E-state index contributed by atoms with van der Waals surface area (Å²) in [6.45, 7) is 1.47. The molecule has 6 heteroatoms. The molecule has 0 fully saturated rings. The van der Waals surface area contributed by atoms with Crippen LogP contribution >= 0.6 is 11.6 Å². The van der Waals surface area contributed by atoms with E-state index in [-0.39, 0.29) is 11.8 Å². The molecule has 98 valence electrons. The van der Waals surface area contributed by atoms with Crippen LogP contribution < -0.4 is 10.6 Å². The minimum atomic E-state index is -0.171. The first-order chi connectivity index (χ1) is 8.76. The number of hydrogen-bond acceptors (Lipinski definition) is 4. The molecular formula is C12H16ClN3O2. The van der Waals surface area contributed by atoms with Crippen LogP contribution in [-0.2, 0) is 11.2 Å². The highest BCUT2D eigenvalue weighted by Gasteiger charge is 1.97. The van der Waals surface area contributed by atoms with Gasteiger partial charge in [-0.15, -0.1) is 11.6 Å². The molecule has 0 spiro atoms. The number of halogens is 1. The number of nitrogens with one attached hydrogen (secondary N) is 2. The molecule has 2 N–H and O–H groups in total. The van der Waals surface area contributed by atoms with E-state index in [0.29, 0.717) is 26.1 Å². The van der Waals surface area contributed by atoms with Gasteiger partial charge in [-0.1, -0.05) is 17.3 Å². The quantitative estimate of drug-likeness (QED) is 0.429. The van der Waals surface area contributed by atoms with Gasteiger partial charge in [0.05, 0.1) is 6.54 Å². The van der Waals surface area contributed by atoms with E-state index in [4.69, 9.17) is 11.6 Å². The van der Waals surface area contributed by atoms with Crippen LogP contribution in [0.5, 0.6) is 0 Å².